The van der Waals surface area contributed by atoms with Gasteiger partial charge in [0.25, 0.3) is 0 Å². The summed E-state index contributed by atoms with van der Waals surface area (Å²) in [5.74, 6) is 0.368. The number of nitrogens with zero attached hydrogens (tertiary/aromatic N) is 1. The Morgan fingerprint density at radius 2 is 2.10 bits per heavy atom. The molecule has 5 nitrogen and oxygen atoms in total. The third-order valence-electron chi connectivity index (χ3n) is 3.02. The molecule has 2 rings (SSSR count). The second kappa shape index (κ2) is 7.59. The maximum absolute atomic E-state index is 11.8. The van der Waals surface area contributed by atoms with E-state index in [0.717, 1.165) is 10.9 Å². The lowest BCUT2D eigenvalue weighted by Gasteiger charge is -2.17. The number of fused-ring (bicyclic) bond motifs is 1. The van der Waals surface area contributed by atoms with Gasteiger partial charge in [-0.1, -0.05) is 25.1 Å². The molecule has 0 saturated heterocycles. The fourth-order valence-electron chi connectivity index (χ4n) is 2.07. The van der Waals surface area contributed by atoms with Crippen LogP contribution in [0.2, 0.25) is 0 Å². The van der Waals surface area contributed by atoms with Gasteiger partial charge >= 0.3 is 5.97 Å². The van der Waals surface area contributed by atoms with Crippen LogP contribution in [0, 0.1) is 0 Å². The number of pyridine rings is 1. The molecule has 1 heterocycles. The summed E-state index contributed by atoms with van der Waals surface area (Å²) in [6.07, 6.45) is 1.72. The average Bonchev–Trinajstić information content (AvgIpc) is 2.51. The van der Waals surface area contributed by atoms with Crippen LogP contribution in [-0.4, -0.2) is 36.8 Å². The first kappa shape index (κ1) is 15.3. The fraction of sp³-hybridized carbons (Fsp3) is 0.375. The lowest BCUT2D eigenvalue weighted by molar-refractivity contribution is -0.146. The second-order valence-corrected chi connectivity index (χ2v) is 4.50. The predicted octanol–water partition coefficient (Wildman–Crippen LogP) is 2.15. The highest BCUT2D eigenvalue weighted by Crippen LogP contribution is 2.22. The molecule has 0 spiro atoms. The molecule has 21 heavy (non-hydrogen) atoms. The number of rotatable bonds is 7. The van der Waals surface area contributed by atoms with Crippen molar-refractivity contribution in [2.24, 2.45) is 0 Å². The number of hydrogen-bond donors (Lipinski definition) is 1. The Morgan fingerprint density at radius 1 is 1.29 bits per heavy atom. The molecule has 1 N–H and O–H groups in total. The first-order chi connectivity index (χ1) is 10.3. The number of hydrogen-bond acceptors (Lipinski definition) is 5. The van der Waals surface area contributed by atoms with Crippen molar-refractivity contribution in [1.82, 2.24) is 10.3 Å². The fourth-order valence-corrected chi connectivity index (χ4v) is 2.07. The Kier molecular flexibility index (Phi) is 5.51. The summed E-state index contributed by atoms with van der Waals surface area (Å²) in [5.41, 5.74) is 0.791. The van der Waals surface area contributed by atoms with Gasteiger partial charge in [0.05, 0.1) is 6.61 Å². The number of benzene rings is 1. The van der Waals surface area contributed by atoms with E-state index in [4.69, 9.17) is 9.47 Å². The number of ether oxygens (including phenoxy) is 2. The molecule has 1 aromatic heterocycles. The van der Waals surface area contributed by atoms with E-state index >= 15 is 0 Å². The Hall–Kier alpha value is -2.14. The zero-order chi connectivity index (χ0) is 15.1. The Balaban J connectivity index is 2.10. The maximum atomic E-state index is 11.8. The van der Waals surface area contributed by atoms with Crippen LogP contribution in [-0.2, 0) is 9.53 Å². The summed E-state index contributed by atoms with van der Waals surface area (Å²) in [4.78, 5) is 16.2. The molecular weight excluding hydrogens is 268 g/mol. The quantitative estimate of drug-likeness (QED) is 0.791. The highest BCUT2D eigenvalue weighted by Gasteiger charge is 2.19. The van der Waals surface area contributed by atoms with Crippen molar-refractivity contribution in [3.63, 3.8) is 0 Å². The zero-order valence-electron chi connectivity index (χ0n) is 12.3. The smallest absolute Gasteiger partial charge is 0.326 e. The second-order valence-electron chi connectivity index (χ2n) is 4.50. The lowest BCUT2D eigenvalue weighted by Crippen LogP contribution is -2.42. The first-order valence-corrected chi connectivity index (χ1v) is 7.12. The highest BCUT2D eigenvalue weighted by molar-refractivity contribution is 5.84. The molecule has 0 aliphatic rings. The molecule has 0 radical (unpaired) electrons. The minimum absolute atomic E-state index is 0.211. The topological polar surface area (TPSA) is 60.5 Å². The first-order valence-electron chi connectivity index (χ1n) is 7.12. The zero-order valence-corrected chi connectivity index (χ0v) is 12.3. The van der Waals surface area contributed by atoms with Crippen LogP contribution in [0.4, 0.5) is 0 Å². The number of carbonyl (C=O) groups is 1. The standard InChI is InChI=1S/C16H20N2O3/c1-3-17-13(16(19)20-4-2)11-21-14-9-5-7-12-8-6-10-18-15(12)14/h5-10,13,17H,3-4,11H2,1-2H3. The van der Waals surface area contributed by atoms with Crippen molar-refractivity contribution in [1.29, 1.82) is 0 Å². The van der Waals surface area contributed by atoms with Gasteiger partial charge in [-0.3, -0.25) is 9.78 Å². The number of aromatic nitrogens is 1. The van der Waals surface area contributed by atoms with E-state index in [-0.39, 0.29) is 12.6 Å². The molecule has 0 saturated carbocycles. The molecule has 5 heteroatoms. The largest absolute Gasteiger partial charge is 0.489 e. The number of esters is 1. The van der Waals surface area contributed by atoms with Crippen LogP contribution in [0.15, 0.2) is 36.5 Å². The Morgan fingerprint density at radius 3 is 2.86 bits per heavy atom. The molecule has 1 atom stereocenters. The van der Waals surface area contributed by atoms with Crippen LogP contribution < -0.4 is 10.1 Å². The Labute approximate surface area is 124 Å². The molecule has 0 fully saturated rings. The van der Waals surface area contributed by atoms with Crippen molar-refractivity contribution < 1.29 is 14.3 Å². The van der Waals surface area contributed by atoms with Crippen molar-refractivity contribution >= 4 is 16.9 Å². The minimum Gasteiger partial charge on any atom is -0.489 e. The number of likely N-dealkylation sites (N-methyl/N-ethyl adjacent to an activating group) is 1. The van der Waals surface area contributed by atoms with Crippen LogP contribution >= 0.6 is 0 Å². The van der Waals surface area contributed by atoms with Gasteiger partial charge in [-0.25, -0.2) is 0 Å². The van der Waals surface area contributed by atoms with E-state index < -0.39 is 6.04 Å². The van der Waals surface area contributed by atoms with E-state index in [9.17, 15) is 4.79 Å². The van der Waals surface area contributed by atoms with E-state index in [1.54, 1.807) is 13.1 Å². The van der Waals surface area contributed by atoms with Crippen LogP contribution in [0.3, 0.4) is 0 Å². The summed E-state index contributed by atoms with van der Waals surface area (Å²) < 4.78 is 10.8. The van der Waals surface area contributed by atoms with Gasteiger partial charge in [0.15, 0.2) is 0 Å². The van der Waals surface area contributed by atoms with Crippen molar-refractivity contribution in [3.05, 3.63) is 36.5 Å². The van der Waals surface area contributed by atoms with Crippen LogP contribution in [0.25, 0.3) is 10.9 Å². The molecule has 1 aromatic carbocycles. The average molecular weight is 288 g/mol. The molecule has 2 aromatic rings. The van der Waals surface area contributed by atoms with Crippen LogP contribution in [0.5, 0.6) is 5.75 Å². The molecule has 1 unspecified atom stereocenters. The maximum Gasteiger partial charge on any atom is 0.326 e. The van der Waals surface area contributed by atoms with Crippen LogP contribution in [0.1, 0.15) is 13.8 Å². The van der Waals surface area contributed by atoms with Crippen molar-refractivity contribution in [3.8, 4) is 5.75 Å². The molecule has 112 valence electrons. The number of para-hydroxylation sites is 1. The van der Waals surface area contributed by atoms with Crippen molar-refractivity contribution in [2.75, 3.05) is 19.8 Å². The van der Waals surface area contributed by atoms with E-state index in [0.29, 0.717) is 18.9 Å². The van der Waals surface area contributed by atoms with Gasteiger partial charge < -0.3 is 14.8 Å². The summed E-state index contributed by atoms with van der Waals surface area (Å²) in [5, 5.41) is 4.07. The number of carbonyl (C=O) groups excluding carboxylic acids is 1. The summed E-state index contributed by atoms with van der Waals surface area (Å²) in [7, 11) is 0. The monoisotopic (exact) mass is 288 g/mol. The van der Waals surface area contributed by atoms with Gasteiger partial charge in [-0.15, -0.1) is 0 Å². The highest BCUT2D eigenvalue weighted by atomic mass is 16.5. The molecule has 0 aliphatic heterocycles. The minimum atomic E-state index is -0.478. The van der Waals surface area contributed by atoms with Gasteiger partial charge in [0, 0.05) is 11.6 Å². The third kappa shape index (κ3) is 3.92. The molecule has 0 aliphatic carbocycles. The third-order valence-corrected chi connectivity index (χ3v) is 3.02. The Bertz CT molecular complexity index is 596. The summed E-state index contributed by atoms with van der Waals surface area (Å²) in [6, 6.07) is 9.11. The summed E-state index contributed by atoms with van der Waals surface area (Å²) >= 11 is 0. The summed E-state index contributed by atoms with van der Waals surface area (Å²) in [6.45, 7) is 4.96. The molecule has 0 bridgehead atoms. The predicted molar refractivity (Wildman–Crippen MR) is 81.3 cm³/mol. The van der Waals surface area contributed by atoms with E-state index in [1.165, 1.54) is 0 Å². The van der Waals surface area contributed by atoms with E-state index in [1.807, 2.05) is 37.3 Å². The SMILES string of the molecule is CCNC(COc1cccc2cccnc12)C(=O)OCC. The van der Waals surface area contributed by atoms with Gasteiger partial charge in [0.2, 0.25) is 0 Å². The molecule has 0 amide bonds. The van der Waals surface area contributed by atoms with Gasteiger partial charge in [-0.05, 0) is 25.6 Å². The normalized spacial score (nSPS) is 12.1. The van der Waals surface area contributed by atoms with Crippen molar-refractivity contribution in [2.45, 2.75) is 19.9 Å². The van der Waals surface area contributed by atoms with Gasteiger partial charge in [-0.2, -0.15) is 0 Å². The molecular formula is C16H20N2O3. The van der Waals surface area contributed by atoms with Gasteiger partial charge in [0.1, 0.15) is 23.9 Å². The van der Waals surface area contributed by atoms with E-state index in [2.05, 4.69) is 10.3 Å². The number of nitrogens with one attached hydrogen (secondary N) is 1. The lowest BCUT2D eigenvalue weighted by atomic mass is 10.2.